The van der Waals surface area contributed by atoms with Gasteiger partial charge in [0.2, 0.25) is 24.1 Å². The van der Waals surface area contributed by atoms with Crippen LogP contribution in [0.2, 0.25) is 0 Å². The predicted octanol–water partition coefficient (Wildman–Crippen LogP) is 0.539. The highest BCUT2D eigenvalue weighted by atomic mass is 16.2. The van der Waals surface area contributed by atoms with E-state index in [4.69, 9.17) is 0 Å². The minimum absolute atomic E-state index is 0.0332. The van der Waals surface area contributed by atoms with Crippen LogP contribution in [0.1, 0.15) is 53.4 Å². The molecule has 32 heavy (non-hydrogen) atoms. The van der Waals surface area contributed by atoms with Gasteiger partial charge in [-0.05, 0) is 52.0 Å². The maximum atomic E-state index is 13.6. The van der Waals surface area contributed by atoms with Gasteiger partial charge in [0.15, 0.2) is 0 Å². The first-order chi connectivity index (χ1) is 15.3. The van der Waals surface area contributed by atoms with Gasteiger partial charge in [-0.25, -0.2) is 0 Å². The summed E-state index contributed by atoms with van der Waals surface area (Å²) in [4.78, 5) is 57.0. The van der Waals surface area contributed by atoms with Crippen LogP contribution in [0.4, 0.5) is 0 Å². The number of hydrogen-bond donors (Lipinski definition) is 1. The lowest BCUT2D eigenvalue weighted by Crippen LogP contribution is -2.55. The SMILES string of the molecule is CCN(CC)C(=O)C1CCCN1C(=O)[C@@H]1CCCN1C[C@H](C(C)C)N(C)C(=O)CNC=O. The minimum atomic E-state index is -0.357. The number of likely N-dealkylation sites (tertiary alicyclic amines) is 2. The van der Waals surface area contributed by atoms with Crippen molar-refractivity contribution in [2.24, 2.45) is 5.92 Å². The molecule has 9 heteroatoms. The van der Waals surface area contributed by atoms with Crippen molar-refractivity contribution in [3.63, 3.8) is 0 Å². The van der Waals surface area contributed by atoms with Gasteiger partial charge in [-0.3, -0.25) is 24.1 Å². The first-order valence-electron chi connectivity index (χ1n) is 12.0. The summed E-state index contributed by atoms with van der Waals surface area (Å²) in [5.74, 6) is 0.144. The van der Waals surface area contributed by atoms with Crippen LogP contribution in [0.5, 0.6) is 0 Å². The molecule has 2 aliphatic heterocycles. The van der Waals surface area contributed by atoms with Gasteiger partial charge in [0.05, 0.1) is 12.6 Å². The van der Waals surface area contributed by atoms with Crippen LogP contribution in [-0.2, 0) is 19.2 Å². The third-order valence-electron chi connectivity index (χ3n) is 6.96. The topological polar surface area (TPSA) is 93.3 Å². The van der Waals surface area contributed by atoms with Crippen molar-refractivity contribution in [3.8, 4) is 0 Å². The quantitative estimate of drug-likeness (QED) is 0.463. The third-order valence-corrected chi connectivity index (χ3v) is 6.96. The lowest BCUT2D eigenvalue weighted by molar-refractivity contribution is -0.146. The fraction of sp³-hybridized carbons (Fsp3) is 0.826. The van der Waals surface area contributed by atoms with E-state index >= 15 is 0 Å². The molecule has 182 valence electrons. The van der Waals surface area contributed by atoms with Crippen molar-refractivity contribution >= 4 is 24.1 Å². The van der Waals surface area contributed by atoms with E-state index in [1.165, 1.54) is 0 Å². The molecular formula is C23H41N5O4. The first kappa shape index (κ1) is 26.1. The summed E-state index contributed by atoms with van der Waals surface area (Å²) in [6.07, 6.45) is 3.80. The smallest absolute Gasteiger partial charge is 0.245 e. The number of nitrogens with one attached hydrogen (secondary N) is 1. The van der Waals surface area contributed by atoms with Gasteiger partial charge in [-0.2, -0.15) is 0 Å². The molecule has 2 aliphatic rings. The lowest BCUT2D eigenvalue weighted by atomic mass is 10.0. The number of rotatable bonds is 11. The molecule has 3 atom stereocenters. The van der Waals surface area contributed by atoms with Crippen LogP contribution in [0.25, 0.3) is 0 Å². The molecular weight excluding hydrogens is 410 g/mol. The molecule has 1 unspecified atom stereocenters. The summed E-state index contributed by atoms with van der Waals surface area (Å²) in [5, 5.41) is 2.43. The number of carbonyl (C=O) groups excluding carboxylic acids is 4. The van der Waals surface area contributed by atoms with Gasteiger partial charge in [0.1, 0.15) is 6.04 Å². The zero-order valence-electron chi connectivity index (χ0n) is 20.4. The number of amides is 4. The standard InChI is InChI=1S/C23H41N5O4/c1-6-26(7-2)22(31)19-11-9-13-28(19)23(32)18-10-8-12-27(18)15-20(17(3)4)25(5)21(30)14-24-16-29/h16-20H,6-15H2,1-5H3,(H,24,29)/t18-,19?,20+/m0/s1. The highest BCUT2D eigenvalue weighted by Crippen LogP contribution is 2.27. The third kappa shape index (κ3) is 5.99. The van der Waals surface area contributed by atoms with E-state index in [9.17, 15) is 19.2 Å². The van der Waals surface area contributed by atoms with E-state index in [1.54, 1.807) is 16.8 Å². The number of hydrogen-bond acceptors (Lipinski definition) is 5. The van der Waals surface area contributed by atoms with Crippen LogP contribution in [0.3, 0.4) is 0 Å². The van der Waals surface area contributed by atoms with E-state index in [2.05, 4.69) is 24.1 Å². The van der Waals surface area contributed by atoms with Crippen molar-refractivity contribution in [2.75, 3.05) is 46.3 Å². The number of likely N-dealkylation sites (N-methyl/N-ethyl adjacent to an activating group) is 2. The number of carbonyl (C=O) groups is 4. The van der Waals surface area contributed by atoms with E-state index in [0.29, 0.717) is 32.6 Å². The molecule has 2 fully saturated rings. The van der Waals surface area contributed by atoms with Gasteiger partial charge in [-0.15, -0.1) is 0 Å². The molecule has 0 radical (unpaired) electrons. The van der Waals surface area contributed by atoms with Gasteiger partial charge in [-0.1, -0.05) is 13.8 Å². The molecule has 0 aromatic carbocycles. The van der Waals surface area contributed by atoms with E-state index in [0.717, 1.165) is 32.2 Å². The second-order valence-corrected chi connectivity index (χ2v) is 9.17. The second-order valence-electron chi connectivity index (χ2n) is 9.17. The molecule has 0 spiro atoms. The maximum absolute atomic E-state index is 13.6. The fourth-order valence-corrected chi connectivity index (χ4v) is 5.01. The molecule has 2 heterocycles. The lowest BCUT2D eigenvalue weighted by Gasteiger charge is -2.37. The Labute approximate surface area is 192 Å². The van der Waals surface area contributed by atoms with Crippen LogP contribution >= 0.6 is 0 Å². The van der Waals surface area contributed by atoms with Gasteiger partial charge in [0, 0.05) is 39.3 Å². The van der Waals surface area contributed by atoms with Crippen LogP contribution in [0, 0.1) is 5.92 Å². The summed E-state index contributed by atoms with van der Waals surface area (Å²) >= 11 is 0. The summed E-state index contributed by atoms with van der Waals surface area (Å²) in [5.41, 5.74) is 0. The average molecular weight is 452 g/mol. The molecule has 4 amide bonds. The molecule has 9 nitrogen and oxygen atoms in total. The zero-order chi connectivity index (χ0) is 23.8. The number of nitrogens with zero attached hydrogens (tertiary/aromatic N) is 4. The Balaban J connectivity index is 2.11. The molecule has 0 saturated carbocycles. The molecule has 0 aliphatic carbocycles. The van der Waals surface area contributed by atoms with Crippen molar-refractivity contribution < 1.29 is 19.2 Å². The Morgan fingerprint density at radius 3 is 2.28 bits per heavy atom. The Morgan fingerprint density at radius 2 is 1.69 bits per heavy atom. The van der Waals surface area contributed by atoms with Crippen LogP contribution in [0.15, 0.2) is 0 Å². The Bertz CT molecular complexity index is 667. The van der Waals surface area contributed by atoms with Crippen LogP contribution in [-0.4, -0.2) is 108 Å². The maximum Gasteiger partial charge on any atom is 0.245 e. The minimum Gasteiger partial charge on any atom is -0.350 e. The fourth-order valence-electron chi connectivity index (χ4n) is 5.01. The normalized spacial score (nSPS) is 22.1. The van der Waals surface area contributed by atoms with Crippen molar-refractivity contribution in [3.05, 3.63) is 0 Å². The molecule has 0 aromatic heterocycles. The Hall–Kier alpha value is -2.16. The van der Waals surface area contributed by atoms with Crippen molar-refractivity contribution in [2.45, 2.75) is 71.5 Å². The average Bonchev–Trinajstić information content (AvgIpc) is 3.45. The first-order valence-corrected chi connectivity index (χ1v) is 12.0. The van der Waals surface area contributed by atoms with E-state index < -0.39 is 0 Å². The zero-order valence-corrected chi connectivity index (χ0v) is 20.4. The molecule has 2 saturated heterocycles. The van der Waals surface area contributed by atoms with Gasteiger partial charge < -0.3 is 20.0 Å². The Morgan fingerprint density at radius 1 is 1.06 bits per heavy atom. The van der Waals surface area contributed by atoms with Gasteiger partial charge >= 0.3 is 0 Å². The summed E-state index contributed by atoms with van der Waals surface area (Å²) in [7, 11) is 1.76. The summed E-state index contributed by atoms with van der Waals surface area (Å²) in [6.45, 7) is 11.4. The molecule has 0 bridgehead atoms. The molecule has 0 aromatic rings. The summed E-state index contributed by atoms with van der Waals surface area (Å²) in [6, 6.07) is -0.682. The monoisotopic (exact) mass is 451 g/mol. The summed E-state index contributed by atoms with van der Waals surface area (Å²) < 4.78 is 0. The van der Waals surface area contributed by atoms with Crippen molar-refractivity contribution in [1.82, 2.24) is 24.9 Å². The van der Waals surface area contributed by atoms with Gasteiger partial charge in [0.25, 0.3) is 0 Å². The van der Waals surface area contributed by atoms with Crippen LogP contribution < -0.4 is 5.32 Å². The molecule has 2 rings (SSSR count). The molecule has 1 N–H and O–H groups in total. The highest BCUT2D eigenvalue weighted by Gasteiger charge is 2.42. The van der Waals surface area contributed by atoms with Crippen molar-refractivity contribution in [1.29, 1.82) is 0 Å². The van der Waals surface area contributed by atoms with E-state index in [-0.39, 0.29) is 48.3 Å². The van der Waals surface area contributed by atoms with E-state index in [1.807, 2.05) is 18.7 Å². The highest BCUT2D eigenvalue weighted by molar-refractivity contribution is 5.90. The second kappa shape index (κ2) is 12.2. The Kier molecular flexibility index (Phi) is 9.93. The predicted molar refractivity (Wildman–Crippen MR) is 123 cm³/mol. The largest absolute Gasteiger partial charge is 0.350 e.